The molecule has 68 heavy (non-hydrogen) atoms. The second kappa shape index (κ2) is 16.5. The summed E-state index contributed by atoms with van der Waals surface area (Å²) >= 11 is 0. The molecule has 0 unspecified atom stereocenters. The molecule has 2 heteroatoms. The lowest BCUT2D eigenvalue weighted by Crippen LogP contribution is -2.10. The van der Waals surface area contributed by atoms with Gasteiger partial charge in [0.1, 0.15) is 0 Å². The number of rotatable bonds is 8. The zero-order valence-electron chi connectivity index (χ0n) is 37.3. The van der Waals surface area contributed by atoms with Crippen LogP contribution in [0.1, 0.15) is 0 Å². The van der Waals surface area contributed by atoms with E-state index in [1.54, 1.807) is 0 Å². The van der Waals surface area contributed by atoms with Crippen molar-refractivity contribution in [1.29, 1.82) is 0 Å². The summed E-state index contributed by atoms with van der Waals surface area (Å²) in [5, 5.41) is 14.6. The molecule has 0 saturated carbocycles. The summed E-state index contributed by atoms with van der Waals surface area (Å²) in [6.07, 6.45) is 0. The van der Waals surface area contributed by atoms with E-state index in [0.717, 1.165) is 34.1 Å². The van der Waals surface area contributed by atoms with Crippen LogP contribution in [0.15, 0.2) is 267 Å². The molecule has 0 aliphatic rings. The van der Waals surface area contributed by atoms with Gasteiger partial charge in [0, 0.05) is 34.1 Å². The predicted molar refractivity (Wildman–Crippen MR) is 292 cm³/mol. The summed E-state index contributed by atoms with van der Waals surface area (Å²) in [7, 11) is 0. The van der Waals surface area contributed by atoms with Gasteiger partial charge < -0.3 is 9.80 Å². The number of benzene rings is 13. The fourth-order valence-electron chi connectivity index (χ4n) is 10.7. The van der Waals surface area contributed by atoms with Crippen molar-refractivity contribution in [2.24, 2.45) is 0 Å². The number of anilines is 6. The second-order valence-corrected chi connectivity index (χ2v) is 17.6. The quantitative estimate of drug-likeness (QED) is 0.111. The summed E-state index contributed by atoms with van der Waals surface area (Å²) in [5.41, 5.74) is 11.4. The van der Waals surface area contributed by atoms with Crippen LogP contribution in [0.3, 0.4) is 0 Å². The van der Waals surface area contributed by atoms with Gasteiger partial charge in [0.25, 0.3) is 0 Å². The van der Waals surface area contributed by atoms with E-state index >= 15 is 0 Å². The van der Waals surface area contributed by atoms with Gasteiger partial charge in [-0.2, -0.15) is 0 Å². The molecule has 0 heterocycles. The molecule has 0 N–H and O–H groups in total. The third-order valence-electron chi connectivity index (χ3n) is 13.7. The Morgan fingerprint density at radius 3 is 1.22 bits per heavy atom. The van der Waals surface area contributed by atoms with E-state index < -0.39 is 0 Å². The Bertz CT molecular complexity index is 3990. The van der Waals surface area contributed by atoms with E-state index in [1.807, 2.05) is 0 Å². The maximum absolute atomic E-state index is 2.45. The predicted octanol–water partition coefficient (Wildman–Crippen LogP) is 18.9. The highest BCUT2D eigenvalue weighted by molar-refractivity contribution is 6.28. The maximum Gasteiger partial charge on any atom is 0.0468 e. The molecule has 0 amide bonds. The summed E-state index contributed by atoms with van der Waals surface area (Å²) in [4.78, 5) is 4.79. The highest BCUT2D eigenvalue weighted by Crippen LogP contribution is 2.51. The highest BCUT2D eigenvalue weighted by Gasteiger charge is 2.24. The Hall–Kier alpha value is -8.98. The van der Waals surface area contributed by atoms with Crippen LogP contribution >= 0.6 is 0 Å². The first-order chi connectivity index (χ1) is 33.7. The number of para-hydroxylation sites is 3. The largest absolute Gasteiger partial charge is 0.310 e. The molecular weight excluding hydrogens is 821 g/mol. The SMILES string of the molecule is c1ccc(N(c2ccc3ccccc3c2)c2ccc3c(-c4cc5ccccc5c5ccccc45)c4cc(N(c5ccccc5)c5ccccc5)ccc4c(-c4cccc5ccccc45)c3c2)cc1. The lowest BCUT2D eigenvalue weighted by molar-refractivity contribution is 1.29. The van der Waals surface area contributed by atoms with E-state index in [2.05, 4.69) is 277 Å². The Labute approximate surface area is 395 Å². The minimum Gasteiger partial charge on any atom is -0.310 e. The standard InChI is InChI=1S/C66H44N2/c1-4-24-49(25-5-1)67(50-26-6-2-7-27-50)53-37-39-60-64(43-53)66(62-42-48-22-13-15-31-56(48)57-32-16-17-33-58(57)62)61-40-38-54(44-63(61)65(60)59-34-18-23-46-20-12-14-30-55(46)59)68(51-28-8-3-9-29-51)52-36-35-45-19-10-11-21-47(45)41-52/h1-44H. The van der Waals surface area contributed by atoms with E-state index in [1.165, 1.54) is 86.9 Å². The molecule has 0 atom stereocenters. The van der Waals surface area contributed by atoms with Crippen LogP contribution in [0.5, 0.6) is 0 Å². The minimum absolute atomic E-state index is 1.09. The van der Waals surface area contributed by atoms with Crippen LogP contribution in [0.2, 0.25) is 0 Å². The fraction of sp³-hybridized carbons (Fsp3) is 0. The molecule has 0 radical (unpaired) electrons. The summed E-state index contributed by atoms with van der Waals surface area (Å²) in [6, 6.07) is 97.9. The first kappa shape index (κ1) is 39.4. The van der Waals surface area contributed by atoms with Crippen molar-refractivity contribution in [1.82, 2.24) is 0 Å². The third-order valence-corrected chi connectivity index (χ3v) is 13.7. The second-order valence-electron chi connectivity index (χ2n) is 17.6. The van der Waals surface area contributed by atoms with Crippen molar-refractivity contribution in [3.8, 4) is 22.3 Å². The van der Waals surface area contributed by atoms with Crippen molar-refractivity contribution in [2.45, 2.75) is 0 Å². The molecule has 13 rings (SSSR count). The molecule has 2 nitrogen and oxygen atoms in total. The molecule has 0 aromatic heterocycles. The zero-order chi connectivity index (χ0) is 45.0. The van der Waals surface area contributed by atoms with Crippen molar-refractivity contribution in [3.05, 3.63) is 267 Å². The molecule has 0 bridgehead atoms. The normalized spacial score (nSPS) is 11.5. The van der Waals surface area contributed by atoms with E-state index in [4.69, 9.17) is 0 Å². The van der Waals surface area contributed by atoms with Crippen LogP contribution in [0.4, 0.5) is 34.1 Å². The molecule has 0 aliphatic heterocycles. The fourth-order valence-corrected chi connectivity index (χ4v) is 10.7. The number of hydrogen-bond acceptors (Lipinski definition) is 2. The van der Waals surface area contributed by atoms with Crippen molar-refractivity contribution in [3.63, 3.8) is 0 Å². The molecule has 0 aliphatic carbocycles. The number of nitrogens with zero attached hydrogens (tertiary/aromatic N) is 2. The Morgan fingerprint density at radius 1 is 0.176 bits per heavy atom. The zero-order valence-corrected chi connectivity index (χ0v) is 37.3. The molecule has 13 aromatic rings. The van der Waals surface area contributed by atoms with Crippen LogP contribution < -0.4 is 9.80 Å². The van der Waals surface area contributed by atoms with Gasteiger partial charge in [-0.1, -0.05) is 188 Å². The molecule has 0 spiro atoms. The van der Waals surface area contributed by atoms with Crippen LogP contribution in [-0.2, 0) is 0 Å². The smallest absolute Gasteiger partial charge is 0.0468 e. The topological polar surface area (TPSA) is 6.48 Å². The van der Waals surface area contributed by atoms with Crippen LogP contribution in [0, 0.1) is 0 Å². The van der Waals surface area contributed by atoms with Gasteiger partial charge >= 0.3 is 0 Å². The Balaban J connectivity index is 1.19. The van der Waals surface area contributed by atoms with E-state index in [0.29, 0.717) is 0 Å². The average Bonchev–Trinajstić information content (AvgIpc) is 3.41. The number of fused-ring (bicyclic) bond motifs is 7. The lowest BCUT2D eigenvalue weighted by atomic mass is 9.82. The van der Waals surface area contributed by atoms with Crippen LogP contribution in [-0.4, -0.2) is 0 Å². The van der Waals surface area contributed by atoms with Crippen LogP contribution in [0.25, 0.3) is 86.9 Å². The first-order valence-corrected chi connectivity index (χ1v) is 23.4. The van der Waals surface area contributed by atoms with Crippen molar-refractivity contribution >= 4 is 98.8 Å². The molecule has 0 fully saturated rings. The van der Waals surface area contributed by atoms with Gasteiger partial charge in [-0.25, -0.2) is 0 Å². The monoisotopic (exact) mass is 864 g/mol. The summed E-state index contributed by atoms with van der Waals surface area (Å²) in [6.45, 7) is 0. The van der Waals surface area contributed by atoms with Gasteiger partial charge in [-0.3, -0.25) is 0 Å². The maximum atomic E-state index is 2.45. The molecule has 318 valence electrons. The number of hydrogen-bond donors (Lipinski definition) is 0. The van der Waals surface area contributed by atoms with Gasteiger partial charge in [0.05, 0.1) is 0 Å². The minimum atomic E-state index is 1.09. The molecular formula is C66H44N2. The van der Waals surface area contributed by atoms with Gasteiger partial charge in [0.2, 0.25) is 0 Å². The summed E-state index contributed by atoms with van der Waals surface area (Å²) in [5.74, 6) is 0. The van der Waals surface area contributed by atoms with Crippen molar-refractivity contribution < 1.29 is 0 Å². The van der Waals surface area contributed by atoms with Crippen molar-refractivity contribution in [2.75, 3.05) is 9.80 Å². The summed E-state index contributed by atoms with van der Waals surface area (Å²) < 4.78 is 0. The van der Waals surface area contributed by atoms with E-state index in [9.17, 15) is 0 Å². The highest BCUT2D eigenvalue weighted by atomic mass is 15.1. The Kier molecular flexibility index (Phi) is 9.54. The van der Waals surface area contributed by atoms with Gasteiger partial charge in [0.15, 0.2) is 0 Å². The van der Waals surface area contributed by atoms with E-state index in [-0.39, 0.29) is 0 Å². The molecule has 0 saturated heterocycles. The average molecular weight is 865 g/mol. The first-order valence-electron chi connectivity index (χ1n) is 23.4. The lowest BCUT2D eigenvalue weighted by Gasteiger charge is -2.28. The Morgan fingerprint density at radius 2 is 0.603 bits per heavy atom. The molecule has 13 aromatic carbocycles. The van der Waals surface area contributed by atoms with Gasteiger partial charge in [-0.15, -0.1) is 0 Å². The third kappa shape index (κ3) is 6.65. The van der Waals surface area contributed by atoms with Gasteiger partial charge in [-0.05, 0) is 166 Å².